The Kier molecular flexibility index (Phi) is 2.61. The zero-order chi connectivity index (χ0) is 14.5. The van der Waals surface area contributed by atoms with Crippen LogP contribution in [0.1, 0.15) is 25.6 Å². The van der Waals surface area contributed by atoms with Crippen molar-refractivity contribution in [3.05, 3.63) is 30.3 Å². The van der Waals surface area contributed by atoms with Crippen LogP contribution in [0, 0.1) is 0 Å². The van der Waals surface area contributed by atoms with E-state index < -0.39 is 11.7 Å². The number of anilines is 1. The summed E-state index contributed by atoms with van der Waals surface area (Å²) in [6.45, 7) is 5.43. The van der Waals surface area contributed by atoms with Crippen LogP contribution in [-0.2, 0) is 4.74 Å². The summed E-state index contributed by atoms with van der Waals surface area (Å²) in [6, 6.07) is 9.40. The molecular formula is C15H16N2O3. The van der Waals surface area contributed by atoms with Gasteiger partial charge in [-0.15, -0.1) is 0 Å². The van der Waals surface area contributed by atoms with Crippen LogP contribution in [0.5, 0.6) is 0 Å². The molecule has 0 saturated carbocycles. The number of ether oxygens (including phenoxy) is 1. The Morgan fingerprint density at radius 3 is 2.65 bits per heavy atom. The van der Waals surface area contributed by atoms with E-state index in [4.69, 9.17) is 4.74 Å². The molecular weight excluding hydrogens is 256 g/mol. The number of rotatable bonds is 0. The SMILES string of the molecule is CC(C)(C)OC(=O)N1CC(=O)n2c1cc1ccccc12. The van der Waals surface area contributed by atoms with Crippen molar-refractivity contribution in [2.45, 2.75) is 26.4 Å². The highest BCUT2D eigenvalue weighted by atomic mass is 16.6. The van der Waals surface area contributed by atoms with E-state index in [1.54, 1.807) is 25.3 Å². The summed E-state index contributed by atoms with van der Waals surface area (Å²) in [5.74, 6) is 0.456. The van der Waals surface area contributed by atoms with Gasteiger partial charge in [0.1, 0.15) is 18.0 Å². The molecule has 3 rings (SSSR count). The molecule has 0 radical (unpaired) electrons. The summed E-state index contributed by atoms with van der Waals surface area (Å²) in [5, 5.41) is 0.934. The molecule has 1 aliphatic heterocycles. The lowest BCUT2D eigenvalue weighted by atomic mass is 10.2. The highest BCUT2D eigenvalue weighted by Crippen LogP contribution is 2.31. The first-order valence-corrected chi connectivity index (χ1v) is 6.51. The molecule has 0 aliphatic carbocycles. The number of hydrogen-bond donors (Lipinski definition) is 0. The first kappa shape index (κ1) is 12.7. The molecule has 20 heavy (non-hydrogen) atoms. The molecule has 0 saturated heterocycles. The van der Waals surface area contributed by atoms with Crippen molar-refractivity contribution >= 4 is 28.7 Å². The molecule has 1 aliphatic rings. The smallest absolute Gasteiger partial charge is 0.416 e. The molecule has 0 atom stereocenters. The van der Waals surface area contributed by atoms with Gasteiger partial charge in [-0.25, -0.2) is 4.79 Å². The molecule has 2 aromatic rings. The predicted molar refractivity (Wildman–Crippen MR) is 76.1 cm³/mol. The maximum atomic E-state index is 12.2. The second-order valence-corrected chi connectivity index (χ2v) is 5.86. The van der Waals surface area contributed by atoms with Crippen molar-refractivity contribution in [2.75, 3.05) is 11.4 Å². The van der Waals surface area contributed by atoms with E-state index in [1.165, 1.54) is 4.90 Å². The standard InChI is InChI=1S/C15H16N2O3/c1-15(2,3)20-14(19)16-9-13(18)17-11-7-5-4-6-10(11)8-12(16)17/h4-8H,9H2,1-3H3. The number of fused-ring (bicyclic) bond motifs is 3. The van der Waals surface area contributed by atoms with Crippen molar-refractivity contribution < 1.29 is 14.3 Å². The largest absolute Gasteiger partial charge is 0.443 e. The van der Waals surface area contributed by atoms with Crippen LogP contribution in [0.3, 0.4) is 0 Å². The van der Waals surface area contributed by atoms with Gasteiger partial charge in [-0.2, -0.15) is 0 Å². The molecule has 1 amide bonds. The molecule has 0 N–H and O–H groups in total. The van der Waals surface area contributed by atoms with Crippen molar-refractivity contribution in [2.24, 2.45) is 0 Å². The lowest BCUT2D eigenvalue weighted by Gasteiger charge is -2.23. The summed E-state index contributed by atoms with van der Waals surface area (Å²) in [4.78, 5) is 25.7. The van der Waals surface area contributed by atoms with Crippen molar-refractivity contribution in [1.82, 2.24) is 4.57 Å². The molecule has 5 heteroatoms. The Bertz CT molecular complexity index is 709. The van der Waals surface area contributed by atoms with Gasteiger partial charge in [0, 0.05) is 5.39 Å². The molecule has 104 valence electrons. The summed E-state index contributed by atoms with van der Waals surface area (Å²) in [5.41, 5.74) is 0.234. The van der Waals surface area contributed by atoms with Crippen LogP contribution in [0.2, 0.25) is 0 Å². The topological polar surface area (TPSA) is 51.5 Å². The number of carbonyl (C=O) groups is 2. The maximum absolute atomic E-state index is 12.2. The molecule has 1 aromatic carbocycles. The van der Waals surface area contributed by atoms with Gasteiger partial charge < -0.3 is 4.74 Å². The maximum Gasteiger partial charge on any atom is 0.416 e. The van der Waals surface area contributed by atoms with Gasteiger partial charge >= 0.3 is 6.09 Å². The van der Waals surface area contributed by atoms with Gasteiger partial charge in [-0.3, -0.25) is 14.3 Å². The zero-order valence-electron chi connectivity index (χ0n) is 11.7. The minimum atomic E-state index is -0.584. The Labute approximate surface area is 116 Å². The monoisotopic (exact) mass is 272 g/mol. The van der Waals surface area contributed by atoms with Crippen molar-refractivity contribution in [3.8, 4) is 0 Å². The van der Waals surface area contributed by atoms with Crippen LogP contribution in [0.15, 0.2) is 30.3 Å². The van der Waals surface area contributed by atoms with Crippen LogP contribution < -0.4 is 4.90 Å². The van der Waals surface area contributed by atoms with E-state index in [9.17, 15) is 9.59 Å². The van der Waals surface area contributed by atoms with Gasteiger partial charge in [0.15, 0.2) is 0 Å². The van der Waals surface area contributed by atoms with Gasteiger partial charge in [-0.05, 0) is 32.9 Å². The molecule has 0 bridgehead atoms. The fourth-order valence-corrected chi connectivity index (χ4v) is 2.36. The number of carbonyl (C=O) groups excluding carboxylic acids is 2. The first-order chi connectivity index (χ1) is 9.37. The third-order valence-electron chi connectivity index (χ3n) is 3.12. The number of benzene rings is 1. The molecule has 0 spiro atoms. The Hall–Kier alpha value is -2.30. The van der Waals surface area contributed by atoms with Crippen molar-refractivity contribution in [1.29, 1.82) is 0 Å². The molecule has 5 nitrogen and oxygen atoms in total. The number of nitrogens with zero attached hydrogens (tertiary/aromatic N) is 2. The second kappa shape index (κ2) is 4.10. The summed E-state index contributed by atoms with van der Waals surface area (Å²) in [6.07, 6.45) is -0.493. The zero-order valence-corrected chi connectivity index (χ0v) is 11.7. The Balaban J connectivity index is 2.04. The highest BCUT2D eigenvalue weighted by Gasteiger charge is 2.35. The van der Waals surface area contributed by atoms with E-state index in [-0.39, 0.29) is 12.5 Å². The van der Waals surface area contributed by atoms with E-state index in [0.717, 1.165) is 10.9 Å². The molecule has 0 fully saturated rings. The minimum absolute atomic E-state index is 0.0229. The number of aromatic nitrogens is 1. The van der Waals surface area contributed by atoms with Crippen molar-refractivity contribution in [3.63, 3.8) is 0 Å². The average molecular weight is 272 g/mol. The summed E-state index contributed by atoms with van der Waals surface area (Å²) >= 11 is 0. The predicted octanol–water partition coefficient (Wildman–Crippen LogP) is 3.04. The highest BCUT2D eigenvalue weighted by molar-refractivity contribution is 6.09. The number of hydrogen-bond acceptors (Lipinski definition) is 3. The van der Waals surface area contributed by atoms with Gasteiger partial charge in [0.2, 0.25) is 0 Å². The van der Waals surface area contributed by atoms with Crippen LogP contribution in [-0.4, -0.2) is 28.7 Å². The first-order valence-electron chi connectivity index (χ1n) is 6.51. The second-order valence-electron chi connectivity index (χ2n) is 5.86. The van der Waals surface area contributed by atoms with Gasteiger partial charge in [0.05, 0.1) is 5.52 Å². The van der Waals surface area contributed by atoms with Crippen LogP contribution in [0.4, 0.5) is 10.6 Å². The summed E-state index contributed by atoms with van der Waals surface area (Å²) in [7, 11) is 0. The Morgan fingerprint density at radius 1 is 1.25 bits per heavy atom. The Morgan fingerprint density at radius 2 is 1.95 bits per heavy atom. The number of amides is 1. The molecule has 2 heterocycles. The van der Waals surface area contributed by atoms with E-state index >= 15 is 0 Å². The average Bonchev–Trinajstić information content (AvgIpc) is 2.85. The van der Waals surface area contributed by atoms with Gasteiger partial charge in [0.25, 0.3) is 5.91 Å². The fourth-order valence-electron chi connectivity index (χ4n) is 2.36. The van der Waals surface area contributed by atoms with E-state index in [0.29, 0.717) is 5.82 Å². The van der Waals surface area contributed by atoms with Gasteiger partial charge in [-0.1, -0.05) is 18.2 Å². The van der Waals surface area contributed by atoms with E-state index in [2.05, 4.69) is 0 Å². The third-order valence-corrected chi connectivity index (χ3v) is 3.12. The minimum Gasteiger partial charge on any atom is -0.443 e. The fraction of sp³-hybridized carbons (Fsp3) is 0.333. The number of para-hydroxylation sites is 1. The lowest BCUT2D eigenvalue weighted by molar-refractivity contribution is 0.0578. The molecule has 1 aromatic heterocycles. The summed E-state index contributed by atoms with van der Waals surface area (Å²) < 4.78 is 6.91. The van der Waals surface area contributed by atoms with E-state index in [1.807, 2.05) is 30.3 Å². The lowest BCUT2D eigenvalue weighted by Crippen LogP contribution is -2.36. The molecule has 0 unspecified atom stereocenters. The van der Waals surface area contributed by atoms with Crippen LogP contribution in [0.25, 0.3) is 10.9 Å². The van der Waals surface area contributed by atoms with Crippen LogP contribution >= 0.6 is 0 Å². The third kappa shape index (κ3) is 1.95. The quantitative estimate of drug-likeness (QED) is 0.740. The normalized spacial score (nSPS) is 14.8.